The first-order valence-corrected chi connectivity index (χ1v) is 8.17. The Kier molecular flexibility index (Phi) is 4.26. The average Bonchev–Trinajstić information content (AvgIpc) is 3.06. The number of aromatic nitrogens is 1. The van der Waals surface area contributed by atoms with Gasteiger partial charge in [0.25, 0.3) is 5.91 Å². The Morgan fingerprint density at radius 1 is 1.48 bits per heavy atom. The van der Waals surface area contributed by atoms with E-state index in [1.165, 1.54) is 11.3 Å². The van der Waals surface area contributed by atoms with Gasteiger partial charge >= 0.3 is 0 Å². The maximum absolute atomic E-state index is 12.5. The molecule has 116 valence electrons. The number of carbonyl (C=O) groups excluding carboxylic acids is 1. The first-order chi connectivity index (χ1) is 10.1. The summed E-state index contributed by atoms with van der Waals surface area (Å²) in [5.74, 6) is -0.00657. The van der Waals surface area contributed by atoms with Crippen LogP contribution in [0.25, 0.3) is 0 Å². The molecule has 2 fully saturated rings. The van der Waals surface area contributed by atoms with Gasteiger partial charge in [0.2, 0.25) is 0 Å². The van der Waals surface area contributed by atoms with Gasteiger partial charge in [0.15, 0.2) is 0 Å². The average molecular weight is 311 g/mol. The van der Waals surface area contributed by atoms with Gasteiger partial charge in [-0.05, 0) is 13.3 Å². The van der Waals surface area contributed by atoms with Gasteiger partial charge in [-0.3, -0.25) is 9.69 Å². The molecule has 1 N–H and O–H groups in total. The summed E-state index contributed by atoms with van der Waals surface area (Å²) in [7, 11) is 0. The van der Waals surface area contributed by atoms with Crippen molar-refractivity contribution in [2.24, 2.45) is 0 Å². The number of amides is 1. The van der Waals surface area contributed by atoms with Gasteiger partial charge in [-0.2, -0.15) is 0 Å². The van der Waals surface area contributed by atoms with Gasteiger partial charge in [-0.25, -0.2) is 4.98 Å². The summed E-state index contributed by atoms with van der Waals surface area (Å²) in [5, 5.41) is 10.7. The maximum atomic E-state index is 12.5. The standard InChI is InChI=1S/C14H21N3O3S/c1-11-12(21-10-15-11)13(18)17-3-2-14(19,9-17)8-16-4-6-20-7-5-16/h10,19H,2-9H2,1H3. The Balaban J connectivity index is 1.61. The van der Waals surface area contributed by atoms with Gasteiger partial charge in [0.1, 0.15) is 4.88 Å². The lowest BCUT2D eigenvalue weighted by Gasteiger charge is -2.33. The summed E-state index contributed by atoms with van der Waals surface area (Å²) in [4.78, 5) is 21.2. The van der Waals surface area contributed by atoms with Crippen LogP contribution in [0.3, 0.4) is 0 Å². The quantitative estimate of drug-likeness (QED) is 0.873. The molecule has 1 unspecified atom stereocenters. The van der Waals surface area contributed by atoms with E-state index < -0.39 is 5.60 Å². The van der Waals surface area contributed by atoms with E-state index >= 15 is 0 Å². The number of nitrogens with zero attached hydrogens (tertiary/aromatic N) is 3. The number of rotatable bonds is 3. The van der Waals surface area contributed by atoms with E-state index in [1.54, 1.807) is 10.4 Å². The lowest BCUT2D eigenvalue weighted by molar-refractivity contribution is -0.0257. The first kappa shape index (κ1) is 14.9. The van der Waals surface area contributed by atoms with Crippen LogP contribution in [0.5, 0.6) is 0 Å². The lowest BCUT2D eigenvalue weighted by atomic mass is 10.0. The van der Waals surface area contributed by atoms with Crippen LogP contribution in [0.2, 0.25) is 0 Å². The predicted octanol–water partition coefficient (Wildman–Crippen LogP) is 0.361. The van der Waals surface area contributed by atoms with Crippen LogP contribution >= 0.6 is 11.3 Å². The molecule has 0 aliphatic carbocycles. The molecule has 2 saturated heterocycles. The van der Waals surface area contributed by atoms with Crippen molar-refractivity contribution in [3.63, 3.8) is 0 Å². The van der Waals surface area contributed by atoms with Crippen LogP contribution in [0, 0.1) is 6.92 Å². The number of aryl methyl sites for hydroxylation is 1. The number of ether oxygens (including phenoxy) is 1. The molecule has 1 atom stereocenters. The molecule has 0 bridgehead atoms. The van der Waals surface area contributed by atoms with Gasteiger partial charge in [-0.1, -0.05) is 0 Å². The molecular formula is C14H21N3O3S. The smallest absolute Gasteiger partial charge is 0.265 e. The largest absolute Gasteiger partial charge is 0.387 e. The minimum atomic E-state index is -0.800. The SMILES string of the molecule is Cc1ncsc1C(=O)N1CCC(O)(CN2CCOCC2)C1. The minimum absolute atomic E-state index is 0.00657. The Labute approximate surface area is 128 Å². The molecule has 0 aromatic carbocycles. The molecule has 3 rings (SSSR count). The summed E-state index contributed by atoms with van der Waals surface area (Å²) in [6.45, 7) is 6.62. The van der Waals surface area contributed by atoms with Crippen molar-refractivity contribution < 1.29 is 14.6 Å². The van der Waals surface area contributed by atoms with Crippen molar-refractivity contribution in [1.29, 1.82) is 0 Å². The molecule has 1 aromatic heterocycles. The monoisotopic (exact) mass is 311 g/mol. The second-order valence-electron chi connectivity index (χ2n) is 5.86. The molecule has 2 aliphatic rings. The molecule has 3 heterocycles. The number of morpholine rings is 1. The van der Waals surface area contributed by atoms with Crippen LogP contribution in [-0.2, 0) is 4.74 Å². The fraction of sp³-hybridized carbons (Fsp3) is 0.714. The van der Waals surface area contributed by atoms with Crippen molar-refractivity contribution in [2.45, 2.75) is 18.9 Å². The third kappa shape index (κ3) is 3.26. The Bertz CT molecular complexity index is 515. The van der Waals surface area contributed by atoms with E-state index in [1.807, 2.05) is 6.92 Å². The minimum Gasteiger partial charge on any atom is -0.387 e. The zero-order valence-electron chi connectivity index (χ0n) is 12.2. The lowest BCUT2D eigenvalue weighted by Crippen LogP contribution is -2.49. The van der Waals surface area contributed by atoms with Crippen LogP contribution in [-0.4, -0.2) is 77.3 Å². The van der Waals surface area contributed by atoms with E-state index in [4.69, 9.17) is 4.74 Å². The third-order valence-corrected chi connectivity index (χ3v) is 5.10. The molecule has 0 radical (unpaired) electrons. The van der Waals surface area contributed by atoms with E-state index in [-0.39, 0.29) is 5.91 Å². The van der Waals surface area contributed by atoms with Crippen molar-refractivity contribution in [3.8, 4) is 0 Å². The highest BCUT2D eigenvalue weighted by Gasteiger charge is 2.40. The highest BCUT2D eigenvalue weighted by Crippen LogP contribution is 2.26. The first-order valence-electron chi connectivity index (χ1n) is 7.29. The number of hydrogen-bond acceptors (Lipinski definition) is 6. The second-order valence-corrected chi connectivity index (χ2v) is 6.71. The molecule has 7 heteroatoms. The number of aliphatic hydroxyl groups is 1. The molecule has 6 nitrogen and oxygen atoms in total. The number of hydrogen-bond donors (Lipinski definition) is 1. The van der Waals surface area contributed by atoms with Crippen LogP contribution < -0.4 is 0 Å². The van der Waals surface area contributed by atoms with Crippen molar-refractivity contribution in [1.82, 2.24) is 14.8 Å². The van der Waals surface area contributed by atoms with Crippen molar-refractivity contribution >= 4 is 17.2 Å². The molecule has 2 aliphatic heterocycles. The van der Waals surface area contributed by atoms with Crippen molar-refractivity contribution in [3.05, 3.63) is 16.1 Å². The number of β-amino-alcohol motifs (C(OH)–C–C–N with tert-alkyl or cyclic N) is 1. The fourth-order valence-corrected chi connectivity index (χ4v) is 3.75. The van der Waals surface area contributed by atoms with Gasteiger partial charge in [0, 0.05) is 26.2 Å². The van der Waals surface area contributed by atoms with E-state index in [9.17, 15) is 9.90 Å². The predicted molar refractivity (Wildman–Crippen MR) is 79.6 cm³/mol. The maximum Gasteiger partial charge on any atom is 0.265 e. The normalized spacial score (nSPS) is 27.2. The molecule has 0 saturated carbocycles. The van der Waals surface area contributed by atoms with E-state index in [0.717, 1.165) is 32.0 Å². The highest BCUT2D eigenvalue weighted by molar-refractivity contribution is 7.11. The summed E-state index contributed by atoms with van der Waals surface area (Å²) in [5.41, 5.74) is 1.66. The zero-order valence-corrected chi connectivity index (χ0v) is 13.1. The summed E-state index contributed by atoms with van der Waals surface area (Å²) in [6, 6.07) is 0. The molecule has 21 heavy (non-hydrogen) atoms. The van der Waals surface area contributed by atoms with Gasteiger partial charge < -0.3 is 14.7 Å². The van der Waals surface area contributed by atoms with Crippen molar-refractivity contribution in [2.75, 3.05) is 45.9 Å². The third-order valence-electron chi connectivity index (χ3n) is 4.18. The molecule has 1 amide bonds. The molecule has 1 aromatic rings. The van der Waals surface area contributed by atoms with E-state index in [2.05, 4.69) is 9.88 Å². The highest BCUT2D eigenvalue weighted by atomic mass is 32.1. The topological polar surface area (TPSA) is 65.9 Å². The zero-order chi connectivity index (χ0) is 14.9. The summed E-state index contributed by atoms with van der Waals surface area (Å²) < 4.78 is 5.33. The molecular weight excluding hydrogens is 290 g/mol. The number of carbonyl (C=O) groups is 1. The number of thiazole rings is 1. The Hall–Kier alpha value is -1.02. The molecule has 0 spiro atoms. The van der Waals surface area contributed by atoms with Crippen LogP contribution in [0.4, 0.5) is 0 Å². The van der Waals surface area contributed by atoms with Gasteiger partial charge in [0.05, 0.1) is 36.6 Å². The number of likely N-dealkylation sites (tertiary alicyclic amines) is 1. The Morgan fingerprint density at radius 2 is 2.24 bits per heavy atom. The Morgan fingerprint density at radius 3 is 2.90 bits per heavy atom. The summed E-state index contributed by atoms with van der Waals surface area (Å²) in [6.07, 6.45) is 0.633. The van der Waals surface area contributed by atoms with Crippen LogP contribution in [0.1, 0.15) is 21.8 Å². The van der Waals surface area contributed by atoms with Crippen LogP contribution in [0.15, 0.2) is 5.51 Å². The van der Waals surface area contributed by atoms with E-state index in [0.29, 0.717) is 30.9 Å². The summed E-state index contributed by atoms with van der Waals surface area (Å²) >= 11 is 1.37. The fourth-order valence-electron chi connectivity index (χ4n) is 2.99. The second kappa shape index (κ2) is 6.00. The van der Waals surface area contributed by atoms with Gasteiger partial charge in [-0.15, -0.1) is 11.3 Å².